The molecule has 0 saturated carbocycles. The van der Waals surface area contributed by atoms with Crippen molar-refractivity contribution in [2.45, 2.75) is 23.5 Å². The Morgan fingerprint density at radius 1 is 0.935 bits per heavy atom. The number of hydrogen-bond donors (Lipinski definition) is 1. The summed E-state index contributed by atoms with van der Waals surface area (Å²) in [5.41, 5.74) is -0.642. The van der Waals surface area contributed by atoms with Gasteiger partial charge < -0.3 is 14.8 Å². The number of rotatable bonds is 4. The van der Waals surface area contributed by atoms with Gasteiger partial charge in [0.1, 0.15) is 5.82 Å². The van der Waals surface area contributed by atoms with Gasteiger partial charge in [0, 0.05) is 37.7 Å². The van der Waals surface area contributed by atoms with E-state index in [-0.39, 0.29) is 23.7 Å². The van der Waals surface area contributed by atoms with Crippen molar-refractivity contribution in [3.05, 3.63) is 59.4 Å². The van der Waals surface area contributed by atoms with Crippen molar-refractivity contribution < 1.29 is 35.9 Å². The fourth-order valence-corrected chi connectivity index (χ4v) is 5.08. The molecule has 0 aliphatic carbocycles. The maximum Gasteiger partial charge on any atom is 0.258 e. The quantitative estimate of drug-likeness (QED) is 0.765. The zero-order valence-corrected chi connectivity index (χ0v) is 17.1. The molecule has 0 aromatic heterocycles. The van der Waals surface area contributed by atoms with E-state index < -0.39 is 44.7 Å². The zero-order chi connectivity index (χ0) is 22.2. The van der Waals surface area contributed by atoms with Gasteiger partial charge in [0.25, 0.3) is 5.91 Å². The molecule has 0 radical (unpaired) electrons. The van der Waals surface area contributed by atoms with Crippen LogP contribution in [0, 0.1) is 17.5 Å². The van der Waals surface area contributed by atoms with Gasteiger partial charge in [0.05, 0.1) is 23.7 Å². The van der Waals surface area contributed by atoms with E-state index >= 15 is 0 Å². The largest absolute Gasteiger partial charge is 0.347 e. The molecule has 2 saturated heterocycles. The van der Waals surface area contributed by atoms with Crippen LogP contribution in [0.15, 0.2) is 41.3 Å². The molecule has 2 aromatic carbocycles. The van der Waals surface area contributed by atoms with Crippen LogP contribution in [0.1, 0.15) is 23.2 Å². The second-order valence-electron chi connectivity index (χ2n) is 7.24. The van der Waals surface area contributed by atoms with E-state index in [0.717, 1.165) is 36.4 Å². The second-order valence-corrected chi connectivity index (χ2v) is 9.17. The molecule has 7 nitrogen and oxygen atoms in total. The number of anilines is 1. The molecule has 0 atom stereocenters. The van der Waals surface area contributed by atoms with Gasteiger partial charge in [0.2, 0.25) is 10.0 Å². The molecule has 0 unspecified atom stereocenters. The fraction of sp³-hybridized carbons (Fsp3) is 0.350. The summed E-state index contributed by atoms with van der Waals surface area (Å²) < 4.78 is 79.1. The Hall–Kier alpha value is -2.47. The summed E-state index contributed by atoms with van der Waals surface area (Å²) in [4.78, 5) is 12.2. The minimum Gasteiger partial charge on any atom is -0.347 e. The van der Waals surface area contributed by atoms with E-state index in [9.17, 15) is 26.4 Å². The number of sulfonamides is 1. The molecule has 1 N–H and O–H groups in total. The smallest absolute Gasteiger partial charge is 0.258 e. The van der Waals surface area contributed by atoms with Crippen LogP contribution in [-0.2, 0) is 19.5 Å². The molecule has 2 heterocycles. The van der Waals surface area contributed by atoms with Crippen LogP contribution in [0.2, 0.25) is 0 Å². The third-order valence-corrected chi connectivity index (χ3v) is 7.19. The van der Waals surface area contributed by atoms with Gasteiger partial charge in [-0.2, -0.15) is 4.31 Å². The maximum atomic E-state index is 14.3. The Morgan fingerprint density at radius 2 is 1.58 bits per heavy atom. The average molecular weight is 456 g/mol. The monoisotopic (exact) mass is 456 g/mol. The average Bonchev–Trinajstić information content (AvgIpc) is 3.19. The molecule has 1 spiro atoms. The molecule has 4 rings (SSSR count). The van der Waals surface area contributed by atoms with Crippen molar-refractivity contribution in [3.8, 4) is 0 Å². The van der Waals surface area contributed by atoms with Crippen LogP contribution in [0.4, 0.5) is 18.9 Å². The summed E-state index contributed by atoms with van der Waals surface area (Å²) >= 11 is 0. The number of halogens is 3. The third kappa shape index (κ3) is 4.31. The maximum absolute atomic E-state index is 14.3. The minimum absolute atomic E-state index is 0.102. The highest BCUT2D eigenvalue weighted by molar-refractivity contribution is 7.89. The summed E-state index contributed by atoms with van der Waals surface area (Å²) in [6.45, 7) is 1.22. The molecular formula is C20H19F3N2O5S. The standard InChI is InChI=1S/C20H19F3N2O5S/c21-16-4-2-14(12-15(16)19(26)24-13-1-3-17(22)18(23)11-13)31(27,28)25-7-5-20(6-8-25)29-9-10-30-20/h1-4,11-12H,5-10H2,(H,24,26). The zero-order valence-electron chi connectivity index (χ0n) is 16.2. The first-order valence-electron chi connectivity index (χ1n) is 9.54. The Bertz CT molecular complexity index is 1110. The Labute approximate surface area is 176 Å². The summed E-state index contributed by atoms with van der Waals surface area (Å²) in [6, 6.07) is 5.53. The summed E-state index contributed by atoms with van der Waals surface area (Å²) in [6.07, 6.45) is 0.716. The van der Waals surface area contributed by atoms with Crippen molar-refractivity contribution in [1.29, 1.82) is 0 Å². The second kappa shape index (κ2) is 8.23. The van der Waals surface area contributed by atoms with Gasteiger partial charge in [0.15, 0.2) is 17.4 Å². The number of carbonyl (C=O) groups is 1. The lowest BCUT2D eigenvalue weighted by atomic mass is 10.1. The fourth-order valence-electron chi connectivity index (χ4n) is 3.61. The van der Waals surface area contributed by atoms with Crippen molar-refractivity contribution in [3.63, 3.8) is 0 Å². The number of nitrogens with zero attached hydrogens (tertiary/aromatic N) is 1. The number of nitrogens with one attached hydrogen (secondary N) is 1. The van der Waals surface area contributed by atoms with Crippen LogP contribution in [-0.4, -0.2) is 50.7 Å². The van der Waals surface area contributed by atoms with Crippen molar-refractivity contribution in [1.82, 2.24) is 4.31 Å². The number of carbonyl (C=O) groups excluding carboxylic acids is 1. The van der Waals surface area contributed by atoms with E-state index in [1.807, 2.05) is 0 Å². The molecule has 166 valence electrons. The minimum atomic E-state index is -4.00. The molecule has 2 aliphatic rings. The van der Waals surface area contributed by atoms with Crippen molar-refractivity contribution in [2.24, 2.45) is 0 Å². The molecular weight excluding hydrogens is 437 g/mol. The summed E-state index contributed by atoms with van der Waals surface area (Å²) in [5.74, 6) is -5.00. The number of piperidine rings is 1. The molecule has 11 heteroatoms. The normalized spacial score (nSPS) is 18.9. The predicted molar refractivity (Wildman–Crippen MR) is 103 cm³/mol. The lowest BCUT2D eigenvalue weighted by molar-refractivity contribution is -0.179. The van der Waals surface area contributed by atoms with Gasteiger partial charge in [-0.1, -0.05) is 0 Å². The first-order chi connectivity index (χ1) is 14.7. The van der Waals surface area contributed by atoms with E-state index in [1.165, 1.54) is 4.31 Å². The van der Waals surface area contributed by atoms with Crippen molar-refractivity contribution >= 4 is 21.6 Å². The van der Waals surface area contributed by atoms with Crippen LogP contribution in [0.25, 0.3) is 0 Å². The predicted octanol–water partition coefficient (Wildman–Crippen LogP) is 2.88. The number of amides is 1. The van der Waals surface area contributed by atoms with Gasteiger partial charge in [-0.25, -0.2) is 21.6 Å². The van der Waals surface area contributed by atoms with Crippen LogP contribution in [0.3, 0.4) is 0 Å². The summed E-state index contributed by atoms with van der Waals surface area (Å²) in [5, 5.41) is 2.23. The van der Waals surface area contributed by atoms with Crippen LogP contribution < -0.4 is 5.32 Å². The van der Waals surface area contributed by atoms with Crippen LogP contribution >= 0.6 is 0 Å². The first-order valence-corrected chi connectivity index (χ1v) is 11.0. The Morgan fingerprint density at radius 3 is 2.23 bits per heavy atom. The van der Waals surface area contributed by atoms with Gasteiger partial charge in [-0.05, 0) is 30.3 Å². The van der Waals surface area contributed by atoms with Gasteiger partial charge in [-0.15, -0.1) is 0 Å². The molecule has 1 amide bonds. The van der Waals surface area contributed by atoms with E-state index in [0.29, 0.717) is 26.1 Å². The molecule has 2 aromatic rings. The number of hydrogen-bond acceptors (Lipinski definition) is 5. The van der Waals surface area contributed by atoms with Crippen molar-refractivity contribution in [2.75, 3.05) is 31.6 Å². The topological polar surface area (TPSA) is 84.9 Å². The lowest BCUT2D eigenvalue weighted by Gasteiger charge is -2.36. The number of ether oxygens (including phenoxy) is 2. The molecule has 0 bridgehead atoms. The van der Waals surface area contributed by atoms with E-state index in [1.54, 1.807) is 0 Å². The van der Waals surface area contributed by atoms with E-state index in [4.69, 9.17) is 9.47 Å². The Kier molecular flexibility index (Phi) is 5.77. The molecule has 2 fully saturated rings. The third-order valence-electron chi connectivity index (χ3n) is 5.30. The lowest BCUT2D eigenvalue weighted by Crippen LogP contribution is -2.47. The van der Waals surface area contributed by atoms with Gasteiger partial charge in [-0.3, -0.25) is 4.79 Å². The molecule has 2 aliphatic heterocycles. The highest BCUT2D eigenvalue weighted by atomic mass is 32.2. The van der Waals surface area contributed by atoms with E-state index in [2.05, 4.69) is 5.32 Å². The highest BCUT2D eigenvalue weighted by Crippen LogP contribution is 2.33. The highest BCUT2D eigenvalue weighted by Gasteiger charge is 2.42. The first kappa shape index (κ1) is 21.8. The summed E-state index contributed by atoms with van der Waals surface area (Å²) in [7, 11) is -4.00. The van der Waals surface area contributed by atoms with Crippen LogP contribution in [0.5, 0.6) is 0 Å². The van der Waals surface area contributed by atoms with Gasteiger partial charge >= 0.3 is 0 Å². The number of benzene rings is 2. The Balaban J connectivity index is 1.53. The SMILES string of the molecule is O=C(Nc1ccc(F)c(F)c1)c1cc(S(=O)(=O)N2CCC3(CC2)OCCO3)ccc1F. The molecule has 31 heavy (non-hydrogen) atoms.